The second-order valence-electron chi connectivity index (χ2n) is 5.71. The second-order valence-corrected chi connectivity index (χ2v) is 5.71. The number of aliphatic hydroxyl groups excluding tert-OH is 2. The zero-order valence-electron chi connectivity index (χ0n) is 14.0. The molecular weight excluding hydrogens is 340 g/mol. The van der Waals surface area contributed by atoms with Gasteiger partial charge in [-0.2, -0.15) is 0 Å². The van der Waals surface area contributed by atoms with E-state index >= 15 is 0 Å². The van der Waals surface area contributed by atoms with Gasteiger partial charge < -0.3 is 29.7 Å². The lowest BCUT2D eigenvalue weighted by molar-refractivity contribution is 0.0755. The van der Waals surface area contributed by atoms with Gasteiger partial charge in [0.25, 0.3) is 5.88 Å². The van der Waals surface area contributed by atoms with Gasteiger partial charge in [-0.15, -0.1) is 0 Å². The lowest BCUT2D eigenvalue weighted by atomic mass is 10.0. The first-order chi connectivity index (χ1) is 12.7. The number of nitrogens with one attached hydrogen (secondary N) is 1. The van der Waals surface area contributed by atoms with Crippen molar-refractivity contribution in [3.63, 3.8) is 0 Å². The summed E-state index contributed by atoms with van der Waals surface area (Å²) in [5.74, 6) is 0.763. The van der Waals surface area contributed by atoms with Crippen molar-refractivity contribution in [2.24, 2.45) is 0 Å². The van der Waals surface area contributed by atoms with Crippen LogP contribution in [-0.4, -0.2) is 47.2 Å². The molecule has 3 N–H and O–H groups in total. The first-order valence-electron chi connectivity index (χ1n) is 8.19. The summed E-state index contributed by atoms with van der Waals surface area (Å²) in [6.45, 7) is 0.417. The zero-order chi connectivity index (χ0) is 18.4. The van der Waals surface area contributed by atoms with Crippen molar-refractivity contribution in [1.29, 1.82) is 0 Å². The molecule has 0 bridgehead atoms. The molecule has 0 saturated carbocycles. The fourth-order valence-corrected chi connectivity index (χ4v) is 2.48. The molecule has 138 valence electrons. The van der Waals surface area contributed by atoms with E-state index in [0.29, 0.717) is 30.4 Å². The molecule has 0 unspecified atom stereocenters. The number of aliphatic hydroxyl groups is 2. The number of amides is 1. The minimum atomic E-state index is -1.19. The highest BCUT2D eigenvalue weighted by molar-refractivity contribution is 5.67. The summed E-state index contributed by atoms with van der Waals surface area (Å²) in [5.41, 5.74) is 1.22. The molecule has 26 heavy (non-hydrogen) atoms. The van der Waals surface area contributed by atoms with Gasteiger partial charge >= 0.3 is 6.09 Å². The lowest BCUT2D eigenvalue weighted by Gasteiger charge is -2.24. The van der Waals surface area contributed by atoms with Crippen LogP contribution in [-0.2, 0) is 11.3 Å². The zero-order valence-corrected chi connectivity index (χ0v) is 14.0. The van der Waals surface area contributed by atoms with E-state index in [4.69, 9.17) is 14.2 Å². The van der Waals surface area contributed by atoms with Crippen molar-refractivity contribution >= 4 is 6.09 Å². The van der Waals surface area contributed by atoms with Crippen LogP contribution < -0.4 is 14.8 Å². The lowest BCUT2D eigenvalue weighted by Crippen LogP contribution is -2.42. The van der Waals surface area contributed by atoms with Gasteiger partial charge in [0, 0.05) is 11.8 Å². The molecule has 0 fully saturated rings. The Balaban J connectivity index is 1.59. The Labute approximate surface area is 150 Å². The molecule has 1 aliphatic heterocycles. The molecular formula is C18H20N2O6. The number of fused-ring (bicyclic) bond motifs is 1. The number of nitrogens with zero attached hydrogens (tertiary/aromatic N) is 1. The van der Waals surface area contributed by atoms with E-state index in [1.54, 1.807) is 6.07 Å². The normalized spacial score (nSPS) is 15.0. The maximum Gasteiger partial charge on any atom is 0.407 e. The van der Waals surface area contributed by atoms with E-state index in [0.717, 1.165) is 5.56 Å². The summed E-state index contributed by atoms with van der Waals surface area (Å²) in [4.78, 5) is 16.0. The quantitative estimate of drug-likeness (QED) is 0.709. The molecule has 0 spiro atoms. The molecule has 2 atom stereocenters. The molecule has 8 heteroatoms. The Morgan fingerprint density at radius 2 is 2.04 bits per heavy atom. The fourth-order valence-electron chi connectivity index (χ4n) is 2.48. The molecule has 2 aromatic rings. The van der Waals surface area contributed by atoms with Crippen LogP contribution >= 0.6 is 0 Å². The van der Waals surface area contributed by atoms with E-state index < -0.39 is 24.8 Å². The number of carbonyl (C=O) groups excluding carboxylic acids is 1. The largest absolute Gasteiger partial charge is 0.484 e. The molecule has 1 aliphatic rings. The number of carbonyl (C=O) groups is 1. The Bertz CT molecular complexity index is 740. The number of hydrogen-bond donors (Lipinski definition) is 3. The summed E-state index contributed by atoms with van der Waals surface area (Å²) < 4.78 is 15.9. The van der Waals surface area contributed by atoms with Gasteiger partial charge in [0.05, 0.1) is 12.6 Å². The van der Waals surface area contributed by atoms with Crippen LogP contribution in [0.5, 0.6) is 11.6 Å². The highest BCUT2D eigenvalue weighted by Gasteiger charge is 2.25. The van der Waals surface area contributed by atoms with E-state index in [1.807, 2.05) is 30.3 Å². The monoisotopic (exact) mass is 360 g/mol. The highest BCUT2D eigenvalue weighted by Crippen LogP contribution is 2.30. The third-order valence-corrected chi connectivity index (χ3v) is 3.85. The predicted octanol–water partition coefficient (Wildman–Crippen LogP) is 1.17. The van der Waals surface area contributed by atoms with Gasteiger partial charge in [0.2, 0.25) is 0 Å². The van der Waals surface area contributed by atoms with Crippen LogP contribution in [0.1, 0.15) is 17.2 Å². The highest BCUT2D eigenvalue weighted by atomic mass is 16.6. The molecule has 1 aromatic heterocycles. The molecule has 0 saturated heterocycles. The van der Waals surface area contributed by atoms with Gasteiger partial charge in [0.1, 0.15) is 25.9 Å². The van der Waals surface area contributed by atoms with Crippen LogP contribution in [0.2, 0.25) is 0 Å². The van der Waals surface area contributed by atoms with Crippen molar-refractivity contribution in [2.75, 3.05) is 19.8 Å². The number of rotatable bonds is 6. The summed E-state index contributed by atoms with van der Waals surface area (Å²) in [6.07, 6.45) is -0.511. The van der Waals surface area contributed by atoms with Gasteiger partial charge in [-0.05, 0) is 11.6 Å². The van der Waals surface area contributed by atoms with Crippen molar-refractivity contribution in [3.05, 3.63) is 53.7 Å². The number of benzene rings is 1. The van der Waals surface area contributed by atoms with Gasteiger partial charge in [-0.1, -0.05) is 30.3 Å². The third kappa shape index (κ3) is 4.41. The average molecular weight is 360 g/mol. The number of pyridine rings is 1. The van der Waals surface area contributed by atoms with E-state index in [-0.39, 0.29) is 6.61 Å². The first-order valence-corrected chi connectivity index (χ1v) is 8.19. The SMILES string of the molecule is O=C(N[C@H](CO)[C@H](O)c1cnc2c(c1)OCCO2)OCc1ccccc1. The summed E-state index contributed by atoms with van der Waals surface area (Å²) >= 11 is 0. The van der Waals surface area contributed by atoms with Crippen molar-refractivity contribution in [3.8, 4) is 11.6 Å². The Morgan fingerprint density at radius 3 is 2.81 bits per heavy atom. The van der Waals surface area contributed by atoms with E-state index in [9.17, 15) is 15.0 Å². The van der Waals surface area contributed by atoms with Crippen LogP contribution in [0.4, 0.5) is 4.79 Å². The van der Waals surface area contributed by atoms with Gasteiger partial charge in [0.15, 0.2) is 5.75 Å². The minimum Gasteiger partial charge on any atom is -0.484 e. The van der Waals surface area contributed by atoms with E-state index in [1.165, 1.54) is 6.20 Å². The summed E-state index contributed by atoms with van der Waals surface area (Å²) in [7, 11) is 0. The fraction of sp³-hybridized carbons (Fsp3) is 0.333. The van der Waals surface area contributed by atoms with Crippen molar-refractivity contribution in [2.45, 2.75) is 18.8 Å². The Hall–Kier alpha value is -2.84. The molecule has 2 heterocycles. The number of hydrogen-bond acceptors (Lipinski definition) is 7. The van der Waals surface area contributed by atoms with Crippen molar-refractivity contribution in [1.82, 2.24) is 10.3 Å². The summed E-state index contributed by atoms with van der Waals surface area (Å²) in [6, 6.07) is 9.81. The third-order valence-electron chi connectivity index (χ3n) is 3.85. The standard InChI is InChI=1S/C18H20N2O6/c21-10-14(20-18(23)26-11-12-4-2-1-3-5-12)16(22)13-8-15-17(19-9-13)25-7-6-24-15/h1-5,8-9,14,16,21-22H,6-7,10-11H2,(H,20,23)/t14-,16-/m1/s1. The first kappa shape index (κ1) is 18.0. The van der Waals surface area contributed by atoms with Crippen LogP contribution in [0.15, 0.2) is 42.6 Å². The predicted molar refractivity (Wildman–Crippen MR) is 90.8 cm³/mol. The number of aromatic nitrogens is 1. The van der Waals surface area contributed by atoms with Crippen molar-refractivity contribution < 1.29 is 29.2 Å². The number of alkyl carbamates (subject to hydrolysis) is 1. The Kier molecular flexibility index (Phi) is 5.88. The van der Waals surface area contributed by atoms with Crippen LogP contribution in [0, 0.1) is 0 Å². The van der Waals surface area contributed by atoms with Gasteiger partial charge in [-0.3, -0.25) is 0 Å². The van der Waals surface area contributed by atoms with Crippen LogP contribution in [0.3, 0.4) is 0 Å². The molecule has 3 rings (SSSR count). The number of ether oxygens (including phenoxy) is 3. The Morgan fingerprint density at radius 1 is 1.27 bits per heavy atom. The summed E-state index contributed by atoms with van der Waals surface area (Å²) in [5, 5.41) is 22.4. The maximum absolute atomic E-state index is 11.9. The minimum absolute atomic E-state index is 0.0898. The molecule has 1 amide bonds. The van der Waals surface area contributed by atoms with Gasteiger partial charge in [-0.25, -0.2) is 9.78 Å². The molecule has 0 radical (unpaired) electrons. The topological polar surface area (TPSA) is 110 Å². The maximum atomic E-state index is 11.9. The molecule has 8 nitrogen and oxygen atoms in total. The van der Waals surface area contributed by atoms with Crippen LogP contribution in [0.25, 0.3) is 0 Å². The smallest absolute Gasteiger partial charge is 0.407 e. The molecule has 0 aliphatic carbocycles. The average Bonchev–Trinajstić information content (AvgIpc) is 2.70. The second kappa shape index (κ2) is 8.50. The molecule has 1 aromatic carbocycles. The van der Waals surface area contributed by atoms with E-state index in [2.05, 4.69) is 10.3 Å².